The summed E-state index contributed by atoms with van der Waals surface area (Å²) in [6, 6.07) is 6.11. The summed E-state index contributed by atoms with van der Waals surface area (Å²) in [6.45, 7) is 2.81. The number of hydrogen-bond acceptors (Lipinski definition) is 6. The molecule has 2 aromatic rings. The summed E-state index contributed by atoms with van der Waals surface area (Å²) < 4.78 is 0. The first-order chi connectivity index (χ1) is 11.8. The van der Waals surface area contributed by atoms with Gasteiger partial charge in [-0.15, -0.1) is 0 Å². The second-order valence-electron chi connectivity index (χ2n) is 6.18. The van der Waals surface area contributed by atoms with Gasteiger partial charge in [0.15, 0.2) is 0 Å². The second-order valence-corrected chi connectivity index (χ2v) is 6.18. The van der Waals surface area contributed by atoms with Gasteiger partial charge in [0.05, 0.1) is 5.56 Å². The van der Waals surface area contributed by atoms with Crippen LogP contribution in [0.2, 0.25) is 0 Å². The van der Waals surface area contributed by atoms with Crippen LogP contribution in [0.3, 0.4) is 0 Å². The minimum absolute atomic E-state index is 0.0362. The quantitative estimate of drug-likeness (QED) is 0.916. The first-order valence-electron chi connectivity index (χ1n) is 8.33. The molecule has 1 aliphatic heterocycles. The van der Waals surface area contributed by atoms with Crippen LogP contribution in [-0.2, 0) is 0 Å². The highest BCUT2D eigenvalue weighted by molar-refractivity contribution is 5.94. The van der Waals surface area contributed by atoms with Crippen LogP contribution in [0.4, 0.5) is 11.8 Å². The van der Waals surface area contributed by atoms with E-state index >= 15 is 0 Å². The van der Waals surface area contributed by atoms with Gasteiger partial charge in [-0.25, -0.2) is 15.0 Å². The fourth-order valence-corrected chi connectivity index (χ4v) is 2.79. The SMILES string of the molecule is O=C(c1ccc(NC2CC2)nc1)N1CCN(c2ncccn2)CC1. The number of hydrogen-bond donors (Lipinski definition) is 1. The van der Waals surface area contributed by atoms with Gasteiger partial charge in [-0.2, -0.15) is 0 Å². The fraction of sp³-hybridized carbons (Fsp3) is 0.412. The van der Waals surface area contributed by atoms with E-state index in [0.717, 1.165) is 24.9 Å². The smallest absolute Gasteiger partial charge is 0.255 e. The summed E-state index contributed by atoms with van der Waals surface area (Å²) in [7, 11) is 0. The number of nitrogens with one attached hydrogen (secondary N) is 1. The maximum Gasteiger partial charge on any atom is 0.255 e. The van der Waals surface area contributed by atoms with Crippen LogP contribution in [0.15, 0.2) is 36.8 Å². The van der Waals surface area contributed by atoms with Crippen LogP contribution < -0.4 is 10.2 Å². The van der Waals surface area contributed by atoms with Crippen LogP contribution in [0.1, 0.15) is 23.2 Å². The van der Waals surface area contributed by atoms with Crippen molar-refractivity contribution in [3.63, 3.8) is 0 Å². The van der Waals surface area contributed by atoms with Gasteiger partial charge in [0.25, 0.3) is 5.91 Å². The van der Waals surface area contributed by atoms with E-state index in [9.17, 15) is 4.79 Å². The molecule has 0 atom stereocenters. The largest absolute Gasteiger partial charge is 0.367 e. The number of nitrogens with zero attached hydrogens (tertiary/aromatic N) is 5. The van der Waals surface area contributed by atoms with Gasteiger partial charge in [0, 0.05) is 50.8 Å². The Balaban J connectivity index is 1.35. The van der Waals surface area contributed by atoms with Crippen molar-refractivity contribution in [1.82, 2.24) is 19.9 Å². The van der Waals surface area contributed by atoms with Gasteiger partial charge in [-0.3, -0.25) is 4.79 Å². The first-order valence-corrected chi connectivity index (χ1v) is 8.33. The number of aromatic nitrogens is 3. The van der Waals surface area contributed by atoms with Crippen LogP contribution >= 0.6 is 0 Å². The normalized spacial score (nSPS) is 17.7. The molecule has 3 heterocycles. The molecule has 2 aliphatic rings. The monoisotopic (exact) mass is 324 g/mol. The van der Waals surface area contributed by atoms with Crippen molar-refractivity contribution in [2.24, 2.45) is 0 Å². The van der Waals surface area contributed by atoms with Crippen LogP contribution in [0, 0.1) is 0 Å². The third kappa shape index (κ3) is 3.29. The maximum absolute atomic E-state index is 12.6. The summed E-state index contributed by atoms with van der Waals surface area (Å²) >= 11 is 0. The van der Waals surface area contributed by atoms with Crippen molar-refractivity contribution in [1.29, 1.82) is 0 Å². The lowest BCUT2D eigenvalue weighted by molar-refractivity contribution is 0.0746. The molecule has 1 saturated carbocycles. The second kappa shape index (κ2) is 6.43. The number of piperazine rings is 1. The zero-order valence-corrected chi connectivity index (χ0v) is 13.4. The van der Waals surface area contributed by atoms with Gasteiger partial charge in [0.2, 0.25) is 5.95 Å². The molecular formula is C17H20N6O. The Labute approximate surface area is 140 Å². The summed E-state index contributed by atoms with van der Waals surface area (Å²) in [6.07, 6.45) is 7.56. The highest BCUT2D eigenvalue weighted by Gasteiger charge is 2.24. The van der Waals surface area contributed by atoms with Crippen molar-refractivity contribution >= 4 is 17.7 Å². The Morgan fingerprint density at radius 1 is 1.04 bits per heavy atom. The van der Waals surface area contributed by atoms with Crippen molar-refractivity contribution in [3.8, 4) is 0 Å². The highest BCUT2D eigenvalue weighted by atomic mass is 16.2. The van der Waals surface area contributed by atoms with Gasteiger partial charge in [-0.1, -0.05) is 0 Å². The van der Waals surface area contributed by atoms with E-state index in [1.165, 1.54) is 12.8 Å². The fourth-order valence-electron chi connectivity index (χ4n) is 2.79. The van der Waals surface area contributed by atoms with Gasteiger partial charge in [-0.05, 0) is 31.0 Å². The molecule has 0 bridgehead atoms. The molecular weight excluding hydrogens is 304 g/mol. The van der Waals surface area contributed by atoms with Gasteiger partial charge >= 0.3 is 0 Å². The predicted octanol–water partition coefficient (Wildman–Crippen LogP) is 1.41. The zero-order chi connectivity index (χ0) is 16.4. The Kier molecular flexibility index (Phi) is 3.98. The summed E-state index contributed by atoms with van der Waals surface area (Å²) in [5.74, 6) is 1.61. The van der Waals surface area contributed by atoms with Crippen LogP contribution in [0.25, 0.3) is 0 Å². The molecule has 4 rings (SSSR count). The zero-order valence-electron chi connectivity index (χ0n) is 13.4. The molecule has 24 heavy (non-hydrogen) atoms. The topological polar surface area (TPSA) is 74.2 Å². The summed E-state index contributed by atoms with van der Waals surface area (Å²) in [4.78, 5) is 29.4. The Bertz CT molecular complexity index is 693. The van der Waals surface area contributed by atoms with Crippen molar-refractivity contribution < 1.29 is 4.79 Å². The highest BCUT2D eigenvalue weighted by Crippen LogP contribution is 2.23. The third-order valence-corrected chi connectivity index (χ3v) is 4.34. The lowest BCUT2D eigenvalue weighted by Gasteiger charge is -2.34. The number of anilines is 2. The predicted molar refractivity (Wildman–Crippen MR) is 91.0 cm³/mol. The minimum atomic E-state index is 0.0362. The molecule has 0 radical (unpaired) electrons. The maximum atomic E-state index is 12.6. The molecule has 124 valence electrons. The van der Waals surface area contributed by atoms with Crippen LogP contribution in [0.5, 0.6) is 0 Å². The number of carbonyl (C=O) groups is 1. The molecule has 1 amide bonds. The lowest BCUT2D eigenvalue weighted by Crippen LogP contribution is -2.49. The summed E-state index contributed by atoms with van der Waals surface area (Å²) in [5.41, 5.74) is 0.640. The van der Waals surface area contributed by atoms with Crippen molar-refractivity contribution in [2.45, 2.75) is 18.9 Å². The van der Waals surface area contributed by atoms with E-state index in [2.05, 4.69) is 25.2 Å². The Morgan fingerprint density at radius 3 is 2.42 bits per heavy atom. The Morgan fingerprint density at radius 2 is 1.79 bits per heavy atom. The Hall–Kier alpha value is -2.70. The van der Waals surface area contributed by atoms with Gasteiger partial charge in [0.1, 0.15) is 5.82 Å². The van der Waals surface area contributed by atoms with E-state index < -0.39 is 0 Å². The number of pyridine rings is 1. The van der Waals surface area contributed by atoms with Crippen molar-refractivity contribution in [3.05, 3.63) is 42.4 Å². The van der Waals surface area contributed by atoms with Crippen LogP contribution in [-0.4, -0.2) is 58.0 Å². The summed E-state index contributed by atoms with van der Waals surface area (Å²) in [5, 5.41) is 3.33. The van der Waals surface area contributed by atoms with E-state index in [1.807, 2.05) is 17.0 Å². The van der Waals surface area contributed by atoms with E-state index in [0.29, 0.717) is 24.7 Å². The average molecular weight is 324 g/mol. The molecule has 0 aromatic carbocycles. The first kappa shape index (κ1) is 14.9. The van der Waals surface area contributed by atoms with E-state index in [4.69, 9.17) is 0 Å². The molecule has 1 saturated heterocycles. The number of rotatable bonds is 4. The number of carbonyl (C=O) groups excluding carboxylic acids is 1. The molecule has 2 fully saturated rings. The molecule has 7 heteroatoms. The molecule has 0 unspecified atom stereocenters. The standard InChI is InChI=1S/C17H20N6O/c24-16(13-2-5-15(20-12-13)21-14-3-4-14)22-8-10-23(11-9-22)17-18-6-1-7-19-17/h1-2,5-7,12,14H,3-4,8-11H2,(H,20,21). The molecule has 7 nitrogen and oxygen atoms in total. The molecule has 1 N–H and O–H groups in total. The van der Waals surface area contributed by atoms with E-state index in [-0.39, 0.29) is 5.91 Å². The molecule has 2 aromatic heterocycles. The molecule has 1 aliphatic carbocycles. The number of amides is 1. The van der Waals surface area contributed by atoms with Gasteiger partial charge < -0.3 is 15.1 Å². The lowest BCUT2D eigenvalue weighted by atomic mass is 10.2. The van der Waals surface area contributed by atoms with Crippen molar-refractivity contribution in [2.75, 3.05) is 36.4 Å². The minimum Gasteiger partial charge on any atom is -0.367 e. The molecule has 0 spiro atoms. The van der Waals surface area contributed by atoms with E-state index in [1.54, 1.807) is 24.7 Å². The third-order valence-electron chi connectivity index (χ3n) is 4.34. The average Bonchev–Trinajstić information content (AvgIpc) is 3.47.